The lowest BCUT2D eigenvalue weighted by molar-refractivity contribution is -0.114. The number of carbonyl (C=O) groups is 2. The number of hydrogen-bond donors (Lipinski definition) is 2. The lowest BCUT2D eigenvalue weighted by atomic mass is 10.2. The van der Waals surface area contributed by atoms with E-state index in [4.69, 9.17) is 0 Å². The van der Waals surface area contributed by atoms with Crippen molar-refractivity contribution in [2.75, 3.05) is 5.32 Å². The Bertz CT molecular complexity index is 1180. The number of benzene rings is 2. The van der Waals surface area contributed by atoms with Crippen LogP contribution in [0.5, 0.6) is 0 Å². The number of carbonyl (C=O) groups excluding carboxylic acids is 2. The van der Waals surface area contributed by atoms with Crippen LogP contribution in [0.4, 0.5) is 5.69 Å². The maximum absolute atomic E-state index is 12.5. The zero-order valence-electron chi connectivity index (χ0n) is 16.2. The van der Waals surface area contributed by atoms with E-state index >= 15 is 0 Å². The van der Waals surface area contributed by atoms with Gasteiger partial charge in [-0.05, 0) is 29.8 Å². The Kier molecular flexibility index (Phi) is 5.67. The normalized spacial score (nSPS) is 10.6. The summed E-state index contributed by atoms with van der Waals surface area (Å²) in [7, 11) is 0. The Balaban J connectivity index is 1.41. The van der Waals surface area contributed by atoms with Crippen LogP contribution in [-0.4, -0.2) is 26.6 Å². The van der Waals surface area contributed by atoms with E-state index in [2.05, 4.69) is 20.7 Å². The van der Waals surface area contributed by atoms with E-state index in [-0.39, 0.29) is 11.8 Å². The lowest BCUT2D eigenvalue weighted by Gasteiger charge is -2.06. The van der Waals surface area contributed by atoms with Gasteiger partial charge < -0.3 is 10.6 Å². The zero-order valence-corrected chi connectivity index (χ0v) is 17.0. The van der Waals surface area contributed by atoms with Crippen molar-refractivity contribution in [3.63, 3.8) is 0 Å². The van der Waals surface area contributed by atoms with Crippen molar-refractivity contribution in [3.8, 4) is 16.3 Å². The van der Waals surface area contributed by atoms with Gasteiger partial charge in [-0.3, -0.25) is 9.59 Å². The number of aromatic nitrogens is 3. The van der Waals surface area contributed by atoms with Crippen molar-refractivity contribution < 1.29 is 9.59 Å². The molecule has 0 radical (unpaired) electrons. The molecule has 2 heterocycles. The largest absolute Gasteiger partial charge is 0.347 e. The summed E-state index contributed by atoms with van der Waals surface area (Å²) in [5.41, 5.74) is 3.75. The Morgan fingerprint density at radius 2 is 1.93 bits per heavy atom. The van der Waals surface area contributed by atoms with Gasteiger partial charge in [-0.15, -0.1) is 11.3 Å². The highest BCUT2D eigenvalue weighted by molar-refractivity contribution is 7.13. The second kappa shape index (κ2) is 8.71. The van der Waals surface area contributed by atoms with Crippen molar-refractivity contribution in [1.82, 2.24) is 20.1 Å². The van der Waals surface area contributed by atoms with Crippen LogP contribution in [0.2, 0.25) is 0 Å². The van der Waals surface area contributed by atoms with Crippen molar-refractivity contribution in [3.05, 3.63) is 83.6 Å². The first-order valence-corrected chi connectivity index (χ1v) is 10.2. The molecule has 30 heavy (non-hydrogen) atoms. The number of rotatable bonds is 6. The number of para-hydroxylation sites is 1. The minimum atomic E-state index is -0.252. The average Bonchev–Trinajstić information content (AvgIpc) is 3.42. The van der Waals surface area contributed by atoms with Gasteiger partial charge in [-0.1, -0.05) is 30.3 Å². The monoisotopic (exact) mass is 417 g/mol. The van der Waals surface area contributed by atoms with Crippen LogP contribution < -0.4 is 10.6 Å². The van der Waals surface area contributed by atoms with Gasteiger partial charge in [0.05, 0.1) is 11.9 Å². The first-order valence-electron chi connectivity index (χ1n) is 9.29. The van der Waals surface area contributed by atoms with Gasteiger partial charge in [-0.2, -0.15) is 5.10 Å². The third kappa shape index (κ3) is 4.61. The molecule has 0 saturated carbocycles. The molecule has 150 valence electrons. The highest BCUT2D eigenvalue weighted by Gasteiger charge is 2.13. The molecule has 0 saturated heterocycles. The Morgan fingerprint density at radius 1 is 1.10 bits per heavy atom. The van der Waals surface area contributed by atoms with Gasteiger partial charge in [0.15, 0.2) is 0 Å². The molecule has 4 rings (SSSR count). The standard InChI is InChI=1S/C22H19N5O2S/c1-15(28)25-18-7-5-6-16(10-18)11-23-21(29)20-14-30-22(26-20)17-12-24-27(13-17)19-8-3-2-4-9-19/h2-10,12-14H,11H2,1H3,(H,23,29)(H,25,28). The van der Waals surface area contributed by atoms with Crippen LogP contribution in [0.15, 0.2) is 72.4 Å². The molecule has 2 N–H and O–H groups in total. The molecule has 0 atom stereocenters. The fraction of sp³-hybridized carbons (Fsp3) is 0.0909. The Morgan fingerprint density at radius 3 is 2.73 bits per heavy atom. The van der Waals surface area contributed by atoms with Gasteiger partial charge in [0.25, 0.3) is 5.91 Å². The molecular formula is C22H19N5O2S. The highest BCUT2D eigenvalue weighted by atomic mass is 32.1. The smallest absolute Gasteiger partial charge is 0.271 e. The lowest BCUT2D eigenvalue weighted by Crippen LogP contribution is -2.23. The van der Waals surface area contributed by atoms with E-state index in [1.165, 1.54) is 18.3 Å². The maximum atomic E-state index is 12.5. The average molecular weight is 417 g/mol. The first kappa shape index (κ1) is 19.5. The quantitative estimate of drug-likeness (QED) is 0.498. The summed E-state index contributed by atoms with van der Waals surface area (Å²) in [6.45, 7) is 1.79. The maximum Gasteiger partial charge on any atom is 0.271 e. The van der Waals surface area contributed by atoms with Crippen molar-refractivity contribution in [2.45, 2.75) is 13.5 Å². The molecule has 0 bridgehead atoms. The third-order valence-electron chi connectivity index (χ3n) is 4.29. The predicted octanol–water partition coefficient (Wildman–Crippen LogP) is 3.88. The van der Waals surface area contributed by atoms with Crippen molar-refractivity contribution in [2.24, 2.45) is 0 Å². The second-order valence-electron chi connectivity index (χ2n) is 6.61. The summed E-state index contributed by atoms with van der Waals surface area (Å²) in [5, 5.41) is 12.4. The molecule has 8 heteroatoms. The number of nitrogens with one attached hydrogen (secondary N) is 2. The number of anilines is 1. The molecular weight excluding hydrogens is 398 g/mol. The van der Waals surface area contributed by atoms with Gasteiger partial charge in [0.1, 0.15) is 10.7 Å². The molecule has 7 nitrogen and oxygen atoms in total. The molecule has 0 aliphatic rings. The number of hydrogen-bond acceptors (Lipinski definition) is 5. The summed E-state index contributed by atoms with van der Waals surface area (Å²) in [5.74, 6) is -0.389. The SMILES string of the molecule is CC(=O)Nc1cccc(CNC(=O)c2csc(-c3cnn(-c4ccccc4)c3)n2)c1. The van der Waals surface area contributed by atoms with Gasteiger partial charge in [0, 0.05) is 36.3 Å². The highest BCUT2D eigenvalue weighted by Crippen LogP contribution is 2.24. The van der Waals surface area contributed by atoms with Crippen LogP contribution in [0.25, 0.3) is 16.3 Å². The number of amides is 2. The third-order valence-corrected chi connectivity index (χ3v) is 5.18. The summed E-state index contributed by atoms with van der Waals surface area (Å²) >= 11 is 1.40. The minimum Gasteiger partial charge on any atom is -0.347 e. The number of nitrogens with zero attached hydrogens (tertiary/aromatic N) is 3. The molecule has 0 fully saturated rings. The van der Waals surface area contributed by atoms with E-state index < -0.39 is 0 Å². The molecule has 2 aromatic heterocycles. The minimum absolute atomic E-state index is 0.137. The second-order valence-corrected chi connectivity index (χ2v) is 7.47. The summed E-state index contributed by atoms with van der Waals surface area (Å²) in [6.07, 6.45) is 3.63. The van der Waals surface area contributed by atoms with Gasteiger partial charge in [0.2, 0.25) is 5.91 Å². The van der Waals surface area contributed by atoms with Crippen molar-refractivity contribution in [1.29, 1.82) is 0 Å². The Labute approximate surface area is 177 Å². The van der Waals surface area contributed by atoms with Crippen LogP contribution in [0, 0.1) is 0 Å². The van der Waals surface area contributed by atoms with E-state index in [0.717, 1.165) is 21.8 Å². The summed E-state index contributed by atoms with van der Waals surface area (Å²) < 4.78 is 1.78. The zero-order chi connectivity index (χ0) is 20.9. The number of thiazole rings is 1. The van der Waals surface area contributed by atoms with Crippen LogP contribution in [0.1, 0.15) is 23.0 Å². The van der Waals surface area contributed by atoms with Gasteiger partial charge >= 0.3 is 0 Å². The van der Waals surface area contributed by atoms with E-state index in [0.29, 0.717) is 17.9 Å². The van der Waals surface area contributed by atoms with E-state index in [1.54, 1.807) is 22.3 Å². The summed E-state index contributed by atoms with van der Waals surface area (Å²) in [4.78, 5) is 28.1. The van der Waals surface area contributed by atoms with E-state index in [1.807, 2.05) is 54.7 Å². The molecule has 4 aromatic rings. The van der Waals surface area contributed by atoms with Crippen molar-refractivity contribution >= 4 is 28.8 Å². The first-order chi connectivity index (χ1) is 14.6. The van der Waals surface area contributed by atoms with Crippen LogP contribution >= 0.6 is 11.3 Å². The molecule has 2 amide bonds. The predicted molar refractivity (Wildman–Crippen MR) is 117 cm³/mol. The van der Waals surface area contributed by atoms with Crippen LogP contribution in [0.3, 0.4) is 0 Å². The Hall–Kier alpha value is -3.78. The molecule has 0 spiro atoms. The van der Waals surface area contributed by atoms with Crippen LogP contribution in [-0.2, 0) is 11.3 Å². The summed E-state index contributed by atoms with van der Waals surface area (Å²) in [6, 6.07) is 17.1. The van der Waals surface area contributed by atoms with E-state index in [9.17, 15) is 9.59 Å². The fourth-order valence-electron chi connectivity index (χ4n) is 2.90. The molecule has 0 aliphatic heterocycles. The fourth-order valence-corrected chi connectivity index (χ4v) is 3.68. The van der Waals surface area contributed by atoms with Gasteiger partial charge in [-0.25, -0.2) is 9.67 Å². The molecule has 0 aliphatic carbocycles. The topological polar surface area (TPSA) is 88.9 Å². The molecule has 0 unspecified atom stereocenters. The molecule has 2 aromatic carbocycles.